The molecular weight excluding hydrogens is 380 g/mol. The summed E-state index contributed by atoms with van der Waals surface area (Å²) >= 11 is 0. The van der Waals surface area contributed by atoms with E-state index in [4.69, 9.17) is 4.74 Å². The maximum absolute atomic E-state index is 5.84. The number of hydrogen-bond donors (Lipinski definition) is 0. The lowest BCUT2D eigenvalue weighted by Crippen LogP contribution is -2.32. The molecule has 2 atom stereocenters. The van der Waals surface area contributed by atoms with Crippen molar-refractivity contribution in [3.05, 3.63) is 0 Å². The highest BCUT2D eigenvalue weighted by molar-refractivity contribution is 4.65. The zero-order valence-electron chi connectivity index (χ0n) is 22.6. The molecule has 0 heterocycles. The Balaban J connectivity index is 3.25. The van der Waals surface area contributed by atoms with E-state index in [0.717, 1.165) is 25.3 Å². The fourth-order valence-electron chi connectivity index (χ4n) is 4.86. The molecule has 0 bridgehead atoms. The molecule has 0 amide bonds. The van der Waals surface area contributed by atoms with E-state index in [1.807, 2.05) is 0 Å². The second-order valence-electron chi connectivity index (χ2n) is 9.57. The number of unbranched alkanes of at least 4 members (excludes halogenated alkanes) is 10. The third-order valence-electron chi connectivity index (χ3n) is 7.19. The van der Waals surface area contributed by atoms with Crippen LogP contribution in [0.2, 0.25) is 0 Å². The normalized spacial score (nSPS) is 13.9. The van der Waals surface area contributed by atoms with Crippen LogP contribution in [-0.4, -0.2) is 61.3 Å². The predicted molar refractivity (Wildman–Crippen MR) is 140 cm³/mol. The summed E-state index contributed by atoms with van der Waals surface area (Å²) < 4.78 is 5.84. The van der Waals surface area contributed by atoms with Crippen molar-refractivity contribution in [2.24, 2.45) is 0 Å². The van der Waals surface area contributed by atoms with E-state index in [1.54, 1.807) is 0 Å². The Morgan fingerprint density at radius 1 is 0.452 bits per heavy atom. The van der Waals surface area contributed by atoms with Gasteiger partial charge in [-0.15, -0.1) is 0 Å². The Morgan fingerprint density at radius 2 is 0.742 bits per heavy atom. The average Bonchev–Trinajstić information content (AvgIpc) is 2.77. The van der Waals surface area contributed by atoms with Gasteiger partial charge in [-0.2, -0.15) is 0 Å². The maximum Gasteiger partial charge on any atom is 0.0466 e. The van der Waals surface area contributed by atoms with Gasteiger partial charge in [0.15, 0.2) is 0 Å². The molecule has 0 fully saturated rings. The van der Waals surface area contributed by atoms with Gasteiger partial charge in [-0.1, -0.05) is 91.9 Å². The largest absolute Gasteiger partial charge is 0.381 e. The van der Waals surface area contributed by atoms with Crippen molar-refractivity contribution in [2.75, 3.05) is 39.4 Å². The van der Waals surface area contributed by atoms with Gasteiger partial charge in [0, 0.05) is 25.3 Å². The molecule has 0 aliphatic rings. The number of hydrogen-bond acceptors (Lipinski definition) is 3. The molecule has 0 saturated carbocycles. The molecule has 0 N–H and O–H groups in total. The Hall–Kier alpha value is -0.120. The average molecular weight is 441 g/mol. The van der Waals surface area contributed by atoms with E-state index in [9.17, 15) is 0 Å². The Kier molecular flexibility index (Phi) is 23.0. The minimum absolute atomic E-state index is 0.754. The van der Waals surface area contributed by atoms with Gasteiger partial charge in [-0.05, 0) is 65.7 Å². The molecule has 0 aromatic rings. The molecule has 0 rings (SSSR count). The smallest absolute Gasteiger partial charge is 0.0466 e. The van der Waals surface area contributed by atoms with Crippen molar-refractivity contribution >= 4 is 0 Å². The molecule has 31 heavy (non-hydrogen) atoms. The Bertz CT molecular complexity index is 310. The zero-order chi connectivity index (χ0) is 23.2. The van der Waals surface area contributed by atoms with Crippen LogP contribution >= 0.6 is 0 Å². The Labute approximate surface area is 197 Å². The van der Waals surface area contributed by atoms with Gasteiger partial charge in [0.25, 0.3) is 0 Å². The van der Waals surface area contributed by atoms with E-state index >= 15 is 0 Å². The van der Waals surface area contributed by atoms with Gasteiger partial charge < -0.3 is 14.5 Å². The van der Waals surface area contributed by atoms with E-state index < -0.39 is 0 Å². The highest BCUT2D eigenvalue weighted by Gasteiger charge is 2.09. The first-order valence-corrected chi connectivity index (χ1v) is 14.2. The van der Waals surface area contributed by atoms with Crippen LogP contribution in [-0.2, 0) is 4.74 Å². The molecule has 0 aliphatic heterocycles. The summed E-state index contributed by atoms with van der Waals surface area (Å²) in [6.45, 7) is 20.6. The summed E-state index contributed by atoms with van der Waals surface area (Å²) in [4.78, 5) is 5.15. The van der Waals surface area contributed by atoms with Crippen LogP contribution < -0.4 is 0 Å². The second kappa shape index (κ2) is 23.1. The molecule has 3 nitrogen and oxygen atoms in total. The van der Waals surface area contributed by atoms with Crippen LogP contribution in [0.5, 0.6) is 0 Å². The molecular formula is C28H60N2O. The quantitative estimate of drug-likeness (QED) is 0.142. The lowest BCUT2D eigenvalue weighted by molar-refractivity contribution is 0.125. The van der Waals surface area contributed by atoms with Gasteiger partial charge in [0.2, 0.25) is 0 Å². The van der Waals surface area contributed by atoms with E-state index in [0.29, 0.717) is 0 Å². The molecule has 188 valence electrons. The van der Waals surface area contributed by atoms with E-state index in [2.05, 4.69) is 51.3 Å². The van der Waals surface area contributed by atoms with Crippen molar-refractivity contribution in [3.63, 3.8) is 0 Å². The molecule has 0 radical (unpaired) electrons. The van der Waals surface area contributed by atoms with E-state index in [1.165, 1.54) is 116 Å². The van der Waals surface area contributed by atoms with Gasteiger partial charge in [0.1, 0.15) is 0 Å². The Morgan fingerprint density at radius 3 is 1.06 bits per heavy atom. The first-order chi connectivity index (χ1) is 15.1. The number of rotatable bonds is 24. The monoisotopic (exact) mass is 440 g/mol. The van der Waals surface area contributed by atoms with Gasteiger partial charge in [-0.3, -0.25) is 0 Å². The summed E-state index contributed by atoms with van der Waals surface area (Å²) in [5.41, 5.74) is 0. The molecule has 3 heteroatoms. The van der Waals surface area contributed by atoms with Crippen LogP contribution in [0.15, 0.2) is 0 Å². The highest BCUT2D eigenvalue weighted by Crippen LogP contribution is 2.13. The van der Waals surface area contributed by atoms with Gasteiger partial charge in [0.05, 0.1) is 0 Å². The SMILES string of the molecule is CCN(CC)C(C)CCCCCCCCOCCCCCCCCC(C)N(CC)CC. The minimum Gasteiger partial charge on any atom is -0.381 e. The summed E-state index contributed by atoms with van der Waals surface area (Å²) in [6, 6.07) is 1.51. The number of nitrogens with zero attached hydrogens (tertiary/aromatic N) is 2. The standard InChI is InChI=1S/C28H60N2O/c1-7-29(8-2)27(5)23-19-15-11-13-17-21-25-31-26-22-18-14-12-16-20-24-28(6)30(9-3)10-4/h27-28H,7-26H2,1-6H3. The highest BCUT2D eigenvalue weighted by atomic mass is 16.5. The molecule has 0 spiro atoms. The van der Waals surface area contributed by atoms with E-state index in [-0.39, 0.29) is 0 Å². The van der Waals surface area contributed by atoms with Crippen LogP contribution in [0.1, 0.15) is 131 Å². The van der Waals surface area contributed by atoms with Crippen LogP contribution in [0.3, 0.4) is 0 Å². The van der Waals surface area contributed by atoms with Crippen molar-refractivity contribution in [1.29, 1.82) is 0 Å². The topological polar surface area (TPSA) is 15.7 Å². The summed E-state index contributed by atoms with van der Waals surface area (Å²) in [6.07, 6.45) is 19.1. The van der Waals surface area contributed by atoms with Crippen LogP contribution in [0.25, 0.3) is 0 Å². The number of ether oxygens (including phenoxy) is 1. The minimum atomic E-state index is 0.754. The van der Waals surface area contributed by atoms with Gasteiger partial charge >= 0.3 is 0 Å². The lowest BCUT2D eigenvalue weighted by atomic mass is 10.1. The third-order valence-corrected chi connectivity index (χ3v) is 7.19. The van der Waals surface area contributed by atoms with Crippen LogP contribution in [0, 0.1) is 0 Å². The summed E-state index contributed by atoms with van der Waals surface area (Å²) in [7, 11) is 0. The molecule has 0 aliphatic carbocycles. The third kappa shape index (κ3) is 18.0. The fraction of sp³-hybridized carbons (Fsp3) is 1.00. The molecule has 0 aromatic carbocycles. The lowest BCUT2D eigenvalue weighted by Gasteiger charge is -2.26. The first-order valence-electron chi connectivity index (χ1n) is 14.2. The second-order valence-corrected chi connectivity index (χ2v) is 9.57. The molecule has 2 unspecified atom stereocenters. The predicted octanol–water partition coefficient (Wildman–Crippen LogP) is 7.93. The maximum atomic E-state index is 5.84. The molecule has 0 aromatic heterocycles. The summed E-state index contributed by atoms with van der Waals surface area (Å²) in [5, 5.41) is 0. The van der Waals surface area contributed by atoms with Gasteiger partial charge in [-0.25, -0.2) is 0 Å². The van der Waals surface area contributed by atoms with Crippen molar-refractivity contribution in [3.8, 4) is 0 Å². The summed E-state index contributed by atoms with van der Waals surface area (Å²) in [5.74, 6) is 0. The zero-order valence-corrected chi connectivity index (χ0v) is 22.6. The van der Waals surface area contributed by atoms with Crippen molar-refractivity contribution in [2.45, 2.75) is 144 Å². The van der Waals surface area contributed by atoms with Crippen LogP contribution in [0.4, 0.5) is 0 Å². The fourth-order valence-corrected chi connectivity index (χ4v) is 4.86. The van der Waals surface area contributed by atoms with Crippen molar-refractivity contribution in [1.82, 2.24) is 9.80 Å². The first kappa shape index (κ1) is 30.9. The van der Waals surface area contributed by atoms with Crippen molar-refractivity contribution < 1.29 is 4.74 Å². The molecule has 0 saturated heterocycles.